The third-order valence-electron chi connectivity index (χ3n) is 2.53. The minimum atomic E-state index is -1.22. The van der Waals surface area contributed by atoms with Crippen molar-refractivity contribution in [1.82, 2.24) is 0 Å². The van der Waals surface area contributed by atoms with E-state index in [-0.39, 0.29) is 18.4 Å². The van der Waals surface area contributed by atoms with Crippen molar-refractivity contribution < 1.29 is 29.3 Å². The van der Waals surface area contributed by atoms with Crippen molar-refractivity contribution in [3.05, 3.63) is 11.6 Å². The molecule has 0 saturated carbocycles. The van der Waals surface area contributed by atoms with Gasteiger partial charge in [-0.25, -0.2) is 4.79 Å². The van der Waals surface area contributed by atoms with Gasteiger partial charge in [0.15, 0.2) is 0 Å². The van der Waals surface area contributed by atoms with Gasteiger partial charge in [0.1, 0.15) is 12.2 Å². The smallest absolute Gasteiger partial charge is 0.333 e. The number of hydrogen-bond acceptors (Lipinski definition) is 6. The molecule has 17 heavy (non-hydrogen) atoms. The maximum absolute atomic E-state index is 11.3. The summed E-state index contributed by atoms with van der Waals surface area (Å²) >= 11 is 0. The van der Waals surface area contributed by atoms with Gasteiger partial charge in [0.05, 0.1) is 13.2 Å². The molecule has 0 amide bonds. The Kier molecular flexibility index (Phi) is 4.65. The summed E-state index contributed by atoms with van der Waals surface area (Å²) in [5, 5.41) is 19.2. The Morgan fingerprint density at radius 2 is 2.12 bits per heavy atom. The zero-order valence-electron chi connectivity index (χ0n) is 9.75. The van der Waals surface area contributed by atoms with Gasteiger partial charge in [0.25, 0.3) is 0 Å². The summed E-state index contributed by atoms with van der Waals surface area (Å²) in [6.45, 7) is 1.61. The van der Waals surface area contributed by atoms with E-state index < -0.39 is 30.3 Å². The minimum absolute atomic E-state index is 0.0198. The van der Waals surface area contributed by atoms with E-state index in [1.165, 1.54) is 13.2 Å². The summed E-state index contributed by atoms with van der Waals surface area (Å²) in [4.78, 5) is 22.4. The molecule has 0 unspecified atom stereocenters. The topological polar surface area (TPSA) is 93.1 Å². The average molecular weight is 244 g/mol. The fourth-order valence-electron chi connectivity index (χ4n) is 1.55. The van der Waals surface area contributed by atoms with E-state index in [4.69, 9.17) is 4.74 Å². The lowest BCUT2D eigenvalue weighted by Crippen LogP contribution is -2.43. The molecule has 6 heteroatoms. The normalized spacial score (nSPS) is 28.2. The van der Waals surface area contributed by atoms with Crippen LogP contribution in [0.4, 0.5) is 0 Å². The summed E-state index contributed by atoms with van der Waals surface area (Å²) in [5.41, 5.74) is 0.194. The van der Waals surface area contributed by atoms with Gasteiger partial charge in [-0.2, -0.15) is 0 Å². The molecule has 6 nitrogen and oxygen atoms in total. The molecule has 0 spiro atoms. The van der Waals surface area contributed by atoms with Crippen molar-refractivity contribution in [2.45, 2.75) is 38.1 Å². The van der Waals surface area contributed by atoms with Crippen molar-refractivity contribution in [3.63, 3.8) is 0 Å². The van der Waals surface area contributed by atoms with Crippen molar-refractivity contribution in [2.24, 2.45) is 0 Å². The Morgan fingerprint density at radius 3 is 2.65 bits per heavy atom. The van der Waals surface area contributed by atoms with Gasteiger partial charge in [-0.3, -0.25) is 4.79 Å². The van der Waals surface area contributed by atoms with Crippen molar-refractivity contribution in [2.75, 3.05) is 7.11 Å². The first kappa shape index (κ1) is 13.7. The first-order valence-corrected chi connectivity index (χ1v) is 5.34. The standard InChI is InChI=1S/C11H16O6/c1-3-9(13)17-8-5-6(11(15)16-2)4-7(12)10(8)14/h5,7-8,10,12,14H,3-4H2,1-2H3/t7-,8-,10+/m1/s1. The van der Waals surface area contributed by atoms with Crippen molar-refractivity contribution in [1.29, 1.82) is 0 Å². The quantitative estimate of drug-likeness (QED) is 0.652. The Balaban J connectivity index is 2.84. The Hall–Kier alpha value is -1.40. The number of hydrogen-bond donors (Lipinski definition) is 2. The molecule has 0 aromatic carbocycles. The molecule has 96 valence electrons. The number of methoxy groups -OCH3 is 1. The molecule has 0 radical (unpaired) electrons. The highest BCUT2D eigenvalue weighted by molar-refractivity contribution is 5.88. The van der Waals surface area contributed by atoms with Gasteiger partial charge >= 0.3 is 11.9 Å². The zero-order chi connectivity index (χ0) is 13.0. The van der Waals surface area contributed by atoms with Crippen molar-refractivity contribution in [3.8, 4) is 0 Å². The molecule has 1 rings (SSSR count). The summed E-state index contributed by atoms with van der Waals surface area (Å²) in [6.07, 6.45) is -1.94. The number of aliphatic hydroxyl groups excluding tert-OH is 2. The van der Waals surface area contributed by atoms with Gasteiger partial charge in [0.2, 0.25) is 0 Å². The predicted octanol–water partition coefficient (Wildman–Crippen LogP) is -0.467. The van der Waals surface area contributed by atoms with E-state index in [0.717, 1.165) is 0 Å². The van der Waals surface area contributed by atoms with Crippen LogP contribution in [0.5, 0.6) is 0 Å². The lowest BCUT2D eigenvalue weighted by Gasteiger charge is -2.29. The fraction of sp³-hybridized carbons (Fsp3) is 0.636. The Morgan fingerprint density at radius 1 is 1.47 bits per heavy atom. The summed E-state index contributed by atoms with van der Waals surface area (Å²) in [5.74, 6) is -1.11. The molecule has 3 atom stereocenters. The lowest BCUT2D eigenvalue weighted by atomic mass is 9.92. The predicted molar refractivity (Wildman–Crippen MR) is 56.9 cm³/mol. The number of rotatable bonds is 3. The maximum Gasteiger partial charge on any atom is 0.333 e. The SMILES string of the molecule is CCC(=O)O[C@@H]1C=C(C(=O)OC)C[C@@H](O)[C@@H]1O. The molecule has 2 N–H and O–H groups in total. The Labute approximate surface area is 98.8 Å². The van der Waals surface area contributed by atoms with E-state index in [1.807, 2.05) is 0 Å². The van der Waals surface area contributed by atoms with Crippen LogP contribution in [0.2, 0.25) is 0 Å². The first-order chi connectivity index (χ1) is 7.99. The van der Waals surface area contributed by atoms with Crippen molar-refractivity contribution >= 4 is 11.9 Å². The molecule has 0 bridgehead atoms. The molecular weight excluding hydrogens is 228 g/mol. The summed E-state index contributed by atoms with van der Waals surface area (Å²) in [7, 11) is 1.22. The van der Waals surface area contributed by atoms with Gasteiger partial charge < -0.3 is 19.7 Å². The zero-order valence-corrected chi connectivity index (χ0v) is 9.75. The molecule has 0 aromatic heterocycles. The number of esters is 2. The van der Waals surface area contributed by atoms with Crippen LogP contribution in [-0.2, 0) is 19.1 Å². The largest absolute Gasteiger partial charge is 0.466 e. The van der Waals surface area contributed by atoms with Crippen LogP contribution in [0.3, 0.4) is 0 Å². The maximum atomic E-state index is 11.3. The minimum Gasteiger partial charge on any atom is -0.466 e. The number of ether oxygens (including phenoxy) is 2. The lowest BCUT2D eigenvalue weighted by molar-refractivity contribution is -0.156. The third-order valence-corrected chi connectivity index (χ3v) is 2.53. The van der Waals surface area contributed by atoms with E-state index in [2.05, 4.69) is 4.74 Å². The second-order valence-corrected chi connectivity index (χ2v) is 3.75. The van der Waals surface area contributed by atoms with Crippen LogP contribution in [0.1, 0.15) is 19.8 Å². The van der Waals surface area contributed by atoms with Crippen LogP contribution in [0, 0.1) is 0 Å². The highest BCUT2D eigenvalue weighted by atomic mass is 16.6. The second-order valence-electron chi connectivity index (χ2n) is 3.75. The van der Waals surface area contributed by atoms with Gasteiger partial charge in [-0.1, -0.05) is 6.92 Å². The second kappa shape index (κ2) is 5.79. The summed E-state index contributed by atoms with van der Waals surface area (Å²) in [6, 6.07) is 0. The Bertz CT molecular complexity index is 335. The van der Waals surface area contributed by atoms with Crippen LogP contribution in [0.15, 0.2) is 11.6 Å². The summed E-state index contributed by atoms with van der Waals surface area (Å²) < 4.78 is 9.43. The highest BCUT2D eigenvalue weighted by Gasteiger charge is 2.35. The average Bonchev–Trinajstić information content (AvgIpc) is 2.33. The van der Waals surface area contributed by atoms with Crippen LogP contribution in [-0.4, -0.2) is 47.6 Å². The van der Waals surface area contributed by atoms with Gasteiger partial charge in [-0.15, -0.1) is 0 Å². The van der Waals surface area contributed by atoms with Crippen LogP contribution < -0.4 is 0 Å². The number of carbonyl (C=O) groups is 2. The van der Waals surface area contributed by atoms with Crippen LogP contribution in [0.25, 0.3) is 0 Å². The third kappa shape index (κ3) is 3.28. The molecular formula is C11H16O6. The fourth-order valence-corrected chi connectivity index (χ4v) is 1.55. The monoisotopic (exact) mass is 244 g/mol. The van der Waals surface area contributed by atoms with Gasteiger partial charge in [0, 0.05) is 18.4 Å². The van der Waals surface area contributed by atoms with E-state index in [1.54, 1.807) is 6.92 Å². The molecule has 0 aromatic rings. The molecule has 0 fully saturated rings. The van der Waals surface area contributed by atoms with E-state index in [0.29, 0.717) is 0 Å². The molecule has 0 aliphatic heterocycles. The van der Waals surface area contributed by atoms with Crippen LogP contribution >= 0.6 is 0 Å². The number of carbonyl (C=O) groups excluding carboxylic acids is 2. The first-order valence-electron chi connectivity index (χ1n) is 5.34. The molecule has 1 aliphatic carbocycles. The molecule has 0 heterocycles. The van der Waals surface area contributed by atoms with E-state index in [9.17, 15) is 19.8 Å². The highest BCUT2D eigenvalue weighted by Crippen LogP contribution is 2.22. The number of aliphatic hydroxyl groups is 2. The van der Waals surface area contributed by atoms with Gasteiger partial charge in [-0.05, 0) is 6.08 Å². The molecule has 1 aliphatic rings. The molecule has 0 saturated heterocycles. The van der Waals surface area contributed by atoms with E-state index >= 15 is 0 Å².